The minimum absolute atomic E-state index is 0.142. The molecule has 4 aromatic rings. The SMILES string of the molecule is O=c1[nH]c2ccccc2c2nn(-c3cccc(Cl)c3)cc12. The molecule has 0 saturated carbocycles. The number of H-pyrrole nitrogens is 1. The summed E-state index contributed by atoms with van der Waals surface area (Å²) in [5.41, 5.74) is 2.15. The van der Waals surface area contributed by atoms with E-state index in [1.807, 2.05) is 42.5 Å². The molecule has 0 aliphatic rings. The smallest absolute Gasteiger partial charge is 0.259 e. The molecular formula is C16H10ClN3O. The van der Waals surface area contributed by atoms with Crippen molar-refractivity contribution < 1.29 is 0 Å². The molecule has 0 radical (unpaired) electrons. The number of halogens is 1. The summed E-state index contributed by atoms with van der Waals surface area (Å²) < 4.78 is 1.68. The molecule has 0 spiro atoms. The Morgan fingerprint density at radius 1 is 1.05 bits per heavy atom. The second-order valence-electron chi connectivity index (χ2n) is 4.82. The van der Waals surface area contributed by atoms with Crippen molar-refractivity contribution in [1.82, 2.24) is 14.8 Å². The van der Waals surface area contributed by atoms with Gasteiger partial charge in [0.2, 0.25) is 0 Å². The number of hydrogen-bond donors (Lipinski definition) is 1. The van der Waals surface area contributed by atoms with Crippen molar-refractivity contribution in [3.8, 4) is 5.69 Å². The second-order valence-corrected chi connectivity index (χ2v) is 5.25. The maximum Gasteiger partial charge on any atom is 0.259 e. The Morgan fingerprint density at radius 2 is 1.90 bits per heavy atom. The zero-order chi connectivity index (χ0) is 14.4. The first-order chi connectivity index (χ1) is 10.2. The number of fused-ring (bicyclic) bond motifs is 3. The lowest BCUT2D eigenvalue weighted by Gasteiger charge is -2.00. The Kier molecular flexibility index (Phi) is 2.59. The number of nitrogens with one attached hydrogen (secondary N) is 1. The molecule has 2 heterocycles. The molecule has 0 amide bonds. The minimum atomic E-state index is -0.142. The highest BCUT2D eigenvalue weighted by molar-refractivity contribution is 6.30. The van der Waals surface area contributed by atoms with Crippen LogP contribution in [0.3, 0.4) is 0 Å². The van der Waals surface area contributed by atoms with Gasteiger partial charge in [0.1, 0.15) is 5.52 Å². The molecule has 1 N–H and O–H groups in total. The highest BCUT2D eigenvalue weighted by atomic mass is 35.5. The van der Waals surface area contributed by atoms with Gasteiger partial charge in [0.15, 0.2) is 0 Å². The van der Waals surface area contributed by atoms with Gasteiger partial charge < -0.3 is 4.98 Å². The largest absolute Gasteiger partial charge is 0.321 e. The van der Waals surface area contributed by atoms with E-state index in [4.69, 9.17) is 11.6 Å². The standard InChI is InChI=1S/C16H10ClN3O/c17-10-4-3-5-11(8-10)20-9-13-15(19-20)12-6-1-2-7-14(12)18-16(13)21/h1-9H,(H,18,21). The van der Waals surface area contributed by atoms with Crippen LogP contribution in [0.25, 0.3) is 27.5 Å². The number of pyridine rings is 1. The van der Waals surface area contributed by atoms with E-state index in [2.05, 4.69) is 10.1 Å². The van der Waals surface area contributed by atoms with E-state index >= 15 is 0 Å². The number of para-hydroxylation sites is 1. The third-order valence-electron chi connectivity index (χ3n) is 3.46. The van der Waals surface area contributed by atoms with Crippen LogP contribution in [0.4, 0.5) is 0 Å². The van der Waals surface area contributed by atoms with E-state index in [0.29, 0.717) is 15.9 Å². The van der Waals surface area contributed by atoms with Gasteiger partial charge in [-0.05, 0) is 24.3 Å². The van der Waals surface area contributed by atoms with Gasteiger partial charge in [0, 0.05) is 16.6 Å². The first-order valence-corrected chi connectivity index (χ1v) is 6.86. The van der Waals surface area contributed by atoms with E-state index in [0.717, 1.165) is 16.6 Å². The predicted octanol–water partition coefficient (Wildman–Crippen LogP) is 3.52. The van der Waals surface area contributed by atoms with Gasteiger partial charge in [-0.3, -0.25) is 4.79 Å². The van der Waals surface area contributed by atoms with Gasteiger partial charge in [0.25, 0.3) is 5.56 Å². The Hall–Kier alpha value is -2.59. The van der Waals surface area contributed by atoms with E-state index in [-0.39, 0.29) is 5.56 Å². The summed E-state index contributed by atoms with van der Waals surface area (Å²) in [6.07, 6.45) is 1.73. The zero-order valence-electron chi connectivity index (χ0n) is 10.9. The molecule has 4 rings (SSSR count). The normalized spacial score (nSPS) is 11.3. The van der Waals surface area contributed by atoms with Crippen LogP contribution in [0.2, 0.25) is 5.02 Å². The van der Waals surface area contributed by atoms with Crippen molar-refractivity contribution in [1.29, 1.82) is 0 Å². The topological polar surface area (TPSA) is 50.7 Å². The van der Waals surface area contributed by atoms with Crippen molar-refractivity contribution in [2.45, 2.75) is 0 Å². The Morgan fingerprint density at radius 3 is 2.76 bits per heavy atom. The fourth-order valence-corrected chi connectivity index (χ4v) is 2.66. The van der Waals surface area contributed by atoms with Crippen LogP contribution in [-0.4, -0.2) is 14.8 Å². The van der Waals surface area contributed by atoms with Crippen LogP contribution in [-0.2, 0) is 0 Å². The molecule has 0 aliphatic heterocycles. The molecule has 2 aromatic heterocycles. The quantitative estimate of drug-likeness (QED) is 0.584. The van der Waals surface area contributed by atoms with Crippen LogP contribution in [0.1, 0.15) is 0 Å². The predicted molar refractivity (Wildman–Crippen MR) is 84.2 cm³/mol. The summed E-state index contributed by atoms with van der Waals surface area (Å²) in [6, 6.07) is 15.0. The van der Waals surface area contributed by atoms with E-state index in [9.17, 15) is 4.79 Å². The molecule has 0 atom stereocenters. The molecule has 0 aliphatic carbocycles. The molecule has 5 heteroatoms. The highest BCUT2D eigenvalue weighted by Crippen LogP contribution is 2.21. The summed E-state index contributed by atoms with van der Waals surface area (Å²) in [7, 11) is 0. The summed E-state index contributed by atoms with van der Waals surface area (Å²) in [5.74, 6) is 0. The minimum Gasteiger partial charge on any atom is -0.321 e. The molecule has 0 fully saturated rings. The zero-order valence-corrected chi connectivity index (χ0v) is 11.6. The van der Waals surface area contributed by atoms with Crippen molar-refractivity contribution >= 4 is 33.4 Å². The number of rotatable bonds is 1. The molecule has 4 nitrogen and oxygen atoms in total. The van der Waals surface area contributed by atoms with E-state index in [1.54, 1.807) is 16.9 Å². The van der Waals surface area contributed by atoms with Crippen molar-refractivity contribution in [3.05, 3.63) is 70.1 Å². The lowest BCUT2D eigenvalue weighted by molar-refractivity contribution is 0.898. The Labute approximate surface area is 124 Å². The second kappa shape index (κ2) is 4.46. The van der Waals surface area contributed by atoms with Crippen LogP contribution >= 0.6 is 11.6 Å². The van der Waals surface area contributed by atoms with Gasteiger partial charge in [-0.1, -0.05) is 35.9 Å². The van der Waals surface area contributed by atoms with E-state index < -0.39 is 0 Å². The van der Waals surface area contributed by atoms with Gasteiger partial charge in [-0.2, -0.15) is 5.10 Å². The Bertz CT molecular complexity index is 1030. The lowest BCUT2D eigenvalue weighted by atomic mass is 10.2. The van der Waals surface area contributed by atoms with Crippen molar-refractivity contribution in [2.75, 3.05) is 0 Å². The van der Waals surface area contributed by atoms with Crippen LogP contribution in [0.5, 0.6) is 0 Å². The summed E-state index contributed by atoms with van der Waals surface area (Å²) >= 11 is 6.01. The third-order valence-corrected chi connectivity index (χ3v) is 3.70. The van der Waals surface area contributed by atoms with Gasteiger partial charge in [-0.15, -0.1) is 0 Å². The fourth-order valence-electron chi connectivity index (χ4n) is 2.48. The average molecular weight is 296 g/mol. The fraction of sp³-hybridized carbons (Fsp3) is 0. The van der Waals surface area contributed by atoms with Gasteiger partial charge >= 0.3 is 0 Å². The van der Waals surface area contributed by atoms with Gasteiger partial charge in [-0.25, -0.2) is 4.68 Å². The van der Waals surface area contributed by atoms with Crippen LogP contribution in [0.15, 0.2) is 59.5 Å². The van der Waals surface area contributed by atoms with Crippen molar-refractivity contribution in [3.63, 3.8) is 0 Å². The number of benzene rings is 2. The molecule has 0 unspecified atom stereocenters. The van der Waals surface area contributed by atoms with Crippen molar-refractivity contribution in [2.24, 2.45) is 0 Å². The first-order valence-electron chi connectivity index (χ1n) is 6.49. The van der Waals surface area contributed by atoms with E-state index in [1.165, 1.54) is 0 Å². The van der Waals surface area contributed by atoms with Gasteiger partial charge in [0.05, 0.1) is 16.6 Å². The molecule has 0 saturated heterocycles. The number of hydrogen-bond acceptors (Lipinski definition) is 2. The lowest BCUT2D eigenvalue weighted by Crippen LogP contribution is -2.04. The summed E-state index contributed by atoms with van der Waals surface area (Å²) in [5, 5.41) is 6.67. The number of nitrogens with zero attached hydrogens (tertiary/aromatic N) is 2. The monoisotopic (exact) mass is 295 g/mol. The average Bonchev–Trinajstić information content (AvgIpc) is 2.93. The van der Waals surface area contributed by atoms with Crippen LogP contribution in [0, 0.1) is 0 Å². The first kappa shape index (κ1) is 12.2. The Balaban J connectivity index is 2.08. The maximum atomic E-state index is 12.2. The summed E-state index contributed by atoms with van der Waals surface area (Å²) in [4.78, 5) is 15.0. The number of aromatic amines is 1. The molecular weight excluding hydrogens is 286 g/mol. The summed E-state index contributed by atoms with van der Waals surface area (Å²) in [6.45, 7) is 0. The molecule has 2 aromatic carbocycles. The number of aromatic nitrogens is 3. The molecule has 0 bridgehead atoms. The molecule has 102 valence electrons. The molecule has 21 heavy (non-hydrogen) atoms. The third kappa shape index (κ3) is 1.92. The highest BCUT2D eigenvalue weighted by Gasteiger charge is 2.10. The van der Waals surface area contributed by atoms with Crippen LogP contribution < -0.4 is 5.56 Å². The maximum absolute atomic E-state index is 12.2.